The molecule has 0 unspecified atom stereocenters. The molecule has 1 fully saturated rings. The van der Waals surface area contributed by atoms with Gasteiger partial charge in [0.15, 0.2) is 0 Å². The van der Waals surface area contributed by atoms with Gasteiger partial charge in [0.25, 0.3) is 0 Å². The van der Waals surface area contributed by atoms with Gasteiger partial charge in [-0.05, 0) is 44.4 Å². The van der Waals surface area contributed by atoms with Crippen LogP contribution < -0.4 is 5.32 Å². The predicted octanol–water partition coefficient (Wildman–Crippen LogP) is 2.85. The van der Waals surface area contributed by atoms with Crippen molar-refractivity contribution in [3.05, 3.63) is 36.2 Å². The van der Waals surface area contributed by atoms with Crippen LogP contribution in [-0.2, 0) is 4.74 Å². The first-order chi connectivity index (χ1) is 13.1. The number of ether oxygens (including phenoxy) is 1. The summed E-state index contributed by atoms with van der Waals surface area (Å²) in [6, 6.07) is 8.59. The second kappa shape index (κ2) is 9.15. The number of piperazine rings is 1. The number of benzene rings is 1. The van der Waals surface area contributed by atoms with Crippen LogP contribution >= 0.6 is 0 Å². The SMILES string of the molecule is CCOC(=O)c1cc2cc(NCCN3CCN(C(C)C)CC3)ccc2cn1. The lowest BCUT2D eigenvalue weighted by Gasteiger charge is -2.36. The van der Waals surface area contributed by atoms with Crippen LogP contribution in [0.5, 0.6) is 0 Å². The normalized spacial score (nSPS) is 16.0. The predicted molar refractivity (Wildman–Crippen MR) is 109 cm³/mol. The van der Waals surface area contributed by atoms with Gasteiger partial charge in [-0.15, -0.1) is 0 Å². The van der Waals surface area contributed by atoms with E-state index >= 15 is 0 Å². The van der Waals surface area contributed by atoms with Gasteiger partial charge in [0.05, 0.1) is 6.61 Å². The fourth-order valence-corrected chi connectivity index (χ4v) is 3.43. The largest absolute Gasteiger partial charge is 0.461 e. The van der Waals surface area contributed by atoms with Crippen LogP contribution in [0.15, 0.2) is 30.5 Å². The van der Waals surface area contributed by atoms with E-state index in [0.29, 0.717) is 18.3 Å². The van der Waals surface area contributed by atoms with Gasteiger partial charge in [-0.1, -0.05) is 6.07 Å². The zero-order chi connectivity index (χ0) is 19.2. The van der Waals surface area contributed by atoms with Crippen LogP contribution in [0.3, 0.4) is 0 Å². The van der Waals surface area contributed by atoms with Crippen molar-refractivity contribution < 1.29 is 9.53 Å². The molecule has 2 aromatic rings. The standard InChI is InChI=1S/C21H30N4O2/c1-4-27-21(26)20-14-18-13-19(6-5-17(18)15-23-20)22-7-8-24-9-11-25(12-10-24)16(2)3/h5-6,13-16,22H,4,7-12H2,1-3H3. The topological polar surface area (TPSA) is 57.7 Å². The molecule has 0 spiro atoms. The third kappa shape index (κ3) is 5.17. The molecule has 1 aromatic carbocycles. The van der Waals surface area contributed by atoms with Crippen molar-refractivity contribution in [2.75, 3.05) is 51.2 Å². The van der Waals surface area contributed by atoms with E-state index in [1.54, 1.807) is 19.2 Å². The molecule has 1 aromatic heterocycles. The first-order valence-corrected chi connectivity index (χ1v) is 9.84. The molecule has 0 radical (unpaired) electrons. The van der Waals surface area contributed by atoms with Gasteiger partial charge >= 0.3 is 5.97 Å². The first kappa shape index (κ1) is 19.6. The third-order valence-electron chi connectivity index (χ3n) is 5.10. The molecule has 6 nitrogen and oxygen atoms in total. The van der Waals surface area contributed by atoms with Crippen molar-refractivity contribution in [1.82, 2.24) is 14.8 Å². The van der Waals surface area contributed by atoms with E-state index in [-0.39, 0.29) is 5.97 Å². The number of rotatable bonds is 7. The molecule has 27 heavy (non-hydrogen) atoms. The Morgan fingerprint density at radius 1 is 1.19 bits per heavy atom. The molecular weight excluding hydrogens is 340 g/mol. The molecule has 0 amide bonds. The minimum Gasteiger partial charge on any atom is -0.461 e. The van der Waals surface area contributed by atoms with Crippen LogP contribution in [0.25, 0.3) is 10.8 Å². The number of carbonyl (C=O) groups is 1. The maximum atomic E-state index is 11.9. The van der Waals surface area contributed by atoms with Crippen molar-refractivity contribution in [1.29, 1.82) is 0 Å². The maximum Gasteiger partial charge on any atom is 0.356 e. The molecule has 0 aliphatic carbocycles. The summed E-state index contributed by atoms with van der Waals surface area (Å²) in [7, 11) is 0. The minimum absolute atomic E-state index is 0.351. The average Bonchev–Trinajstić information content (AvgIpc) is 2.68. The molecule has 146 valence electrons. The number of nitrogens with one attached hydrogen (secondary N) is 1. The fraction of sp³-hybridized carbons (Fsp3) is 0.524. The summed E-state index contributed by atoms with van der Waals surface area (Å²) in [5, 5.41) is 5.50. The van der Waals surface area contributed by atoms with E-state index in [4.69, 9.17) is 4.74 Å². The van der Waals surface area contributed by atoms with Gasteiger partial charge in [0.2, 0.25) is 0 Å². The van der Waals surface area contributed by atoms with Crippen molar-refractivity contribution in [2.24, 2.45) is 0 Å². The summed E-state index contributed by atoms with van der Waals surface area (Å²) >= 11 is 0. The number of anilines is 1. The number of fused-ring (bicyclic) bond motifs is 1. The highest BCUT2D eigenvalue weighted by Crippen LogP contribution is 2.20. The number of nitrogens with zero attached hydrogens (tertiary/aromatic N) is 3. The third-order valence-corrected chi connectivity index (χ3v) is 5.10. The summed E-state index contributed by atoms with van der Waals surface area (Å²) in [5.74, 6) is -0.377. The Bertz CT molecular complexity index is 770. The van der Waals surface area contributed by atoms with E-state index in [1.165, 1.54) is 0 Å². The van der Waals surface area contributed by atoms with Crippen molar-refractivity contribution >= 4 is 22.4 Å². The number of esters is 1. The molecule has 6 heteroatoms. The Kier molecular flexibility index (Phi) is 6.63. The van der Waals surface area contributed by atoms with Crippen molar-refractivity contribution in [2.45, 2.75) is 26.8 Å². The Balaban J connectivity index is 1.55. The highest BCUT2D eigenvalue weighted by atomic mass is 16.5. The number of aromatic nitrogens is 1. The first-order valence-electron chi connectivity index (χ1n) is 9.84. The van der Waals surface area contributed by atoms with Crippen LogP contribution in [0, 0.1) is 0 Å². The van der Waals surface area contributed by atoms with E-state index in [2.05, 4.69) is 46.1 Å². The monoisotopic (exact) mass is 370 g/mol. The van der Waals surface area contributed by atoms with Crippen molar-refractivity contribution in [3.63, 3.8) is 0 Å². The Morgan fingerprint density at radius 3 is 2.67 bits per heavy atom. The van der Waals surface area contributed by atoms with Crippen LogP contribution in [0.2, 0.25) is 0 Å². The van der Waals surface area contributed by atoms with E-state index in [9.17, 15) is 4.79 Å². The average molecular weight is 370 g/mol. The second-order valence-corrected chi connectivity index (χ2v) is 7.25. The molecule has 0 saturated carbocycles. The minimum atomic E-state index is -0.377. The molecule has 0 atom stereocenters. The quantitative estimate of drug-likeness (QED) is 0.757. The van der Waals surface area contributed by atoms with Gasteiger partial charge in [0.1, 0.15) is 5.69 Å². The summed E-state index contributed by atoms with van der Waals surface area (Å²) < 4.78 is 5.04. The molecule has 2 heterocycles. The van der Waals surface area contributed by atoms with E-state index in [1.807, 2.05) is 6.07 Å². The van der Waals surface area contributed by atoms with E-state index in [0.717, 1.165) is 55.7 Å². The van der Waals surface area contributed by atoms with Gasteiger partial charge in [-0.2, -0.15) is 0 Å². The summed E-state index contributed by atoms with van der Waals surface area (Å²) in [6.45, 7) is 13.2. The van der Waals surface area contributed by atoms with Crippen LogP contribution in [-0.4, -0.2) is 72.7 Å². The molecule has 1 aliphatic heterocycles. The fourth-order valence-electron chi connectivity index (χ4n) is 3.43. The number of pyridine rings is 1. The molecule has 0 bridgehead atoms. The maximum absolute atomic E-state index is 11.9. The highest BCUT2D eigenvalue weighted by Gasteiger charge is 2.18. The van der Waals surface area contributed by atoms with Gasteiger partial charge in [-0.25, -0.2) is 9.78 Å². The second-order valence-electron chi connectivity index (χ2n) is 7.25. The summed E-state index contributed by atoms with van der Waals surface area (Å²) in [4.78, 5) is 21.1. The van der Waals surface area contributed by atoms with Crippen LogP contribution in [0.1, 0.15) is 31.3 Å². The van der Waals surface area contributed by atoms with Gasteiger partial charge in [0, 0.05) is 62.6 Å². The van der Waals surface area contributed by atoms with Crippen LogP contribution in [0.4, 0.5) is 5.69 Å². The Labute approximate surface area is 161 Å². The number of hydrogen-bond acceptors (Lipinski definition) is 6. The molecule has 1 aliphatic rings. The molecule has 1 saturated heterocycles. The molecule has 1 N–H and O–H groups in total. The van der Waals surface area contributed by atoms with Gasteiger partial charge < -0.3 is 10.1 Å². The lowest BCUT2D eigenvalue weighted by molar-refractivity contribution is 0.0519. The smallest absolute Gasteiger partial charge is 0.356 e. The highest BCUT2D eigenvalue weighted by molar-refractivity contribution is 5.94. The summed E-state index contributed by atoms with van der Waals surface area (Å²) in [5.41, 5.74) is 1.41. The number of hydrogen-bond donors (Lipinski definition) is 1. The van der Waals surface area contributed by atoms with E-state index < -0.39 is 0 Å². The Hall–Kier alpha value is -2.18. The Morgan fingerprint density at radius 2 is 1.96 bits per heavy atom. The van der Waals surface area contributed by atoms with Crippen molar-refractivity contribution in [3.8, 4) is 0 Å². The lowest BCUT2D eigenvalue weighted by Crippen LogP contribution is -2.49. The summed E-state index contributed by atoms with van der Waals surface area (Å²) in [6.07, 6.45) is 1.72. The number of carbonyl (C=O) groups excluding carboxylic acids is 1. The zero-order valence-electron chi connectivity index (χ0n) is 16.6. The lowest BCUT2D eigenvalue weighted by atomic mass is 10.1. The van der Waals surface area contributed by atoms with Gasteiger partial charge in [-0.3, -0.25) is 9.80 Å². The zero-order valence-corrected chi connectivity index (χ0v) is 16.6. The molecule has 3 rings (SSSR count). The molecular formula is C21H30N4O2.